The average molecular weight is 374 g/mol. The molecule has 1 N–H and O–H groups in total. The first kappa shape index (κ1) is 17.5. The molecule has 0 bridgehead atoms. The highest BCUT2D eigenvalue weighted by atomic mass is 35.5. The average Bonchev–Trinajstić information content (AvgIpc) is 3.37. The molecule has 0 radical (unpaired) electrons. The molecule has 138 valence electrons. The number of carbonyl (C=O) groups is 1. The Bertz CT molecular complexity index is 764. The van der Waals surface area contributed by atoms with Gasteiger partial charge in [-0.25, -0.2) is 4.68 Å². The standard InChI is InChI=1S/C19H24ClN5O/c1-13(14-2-4-15(20)5-3-14)25(17-6-7-17)19(26)18-12-24(23-22-18)16-8-10-21-11-9-16/h2-5,12-13,16-17,21H,6-11H2,1H3. The zero-order valence-corrected chi connectivity index (χ0v) is 15.7. The Morgan fingerprint density at radius 1 is 1.23 bits per heavy atom. The van der Waals surface area contributed by atoms with E-state index in [1.807, 2.05) is 40.0 Å². The second-order valence-electron chi connectivity index (χ2n) is 7.24. The van der Waals surface area contributed by atoms with Gasteiger partial charge in [0.1, 0.15) is 0 Å². The molecule has 2 aromatic rings. The molecule has 1 saturated heterocycles. The molecule has 26 heavy (non-hydrogen) atoms. The van der Waals surface area contributed by atoms with Crippen molar-refractivity contribution in [3.63, 3.8) is 0 Å². The lowest BCUT2D eigenvalue weighted by atomic mass is 10.1. The van der Waals surface area contributed by atoms with E-state index in [0.717, 1.165) is 44.3 Å². The van der Waals surface area contributed by atoms with E-state index in [4.69, 9.17) is 11.6 Å². The summed E-state index contributed by atoms with van der Waals surface area (Å²) in [6.07, 6.45) is 5.95. The van der Waals surface area contributed by atoms with Crippen molar-refractivity contribution in [3.05, 3.63) is 46.7 Å². The fourth-order valence-corrected chi connectivity index (χ4v) is 3.80. The van der Waals surface area contributed by atoms with Crippen molar-refractivity contribution < 1.29 is 4.79 Å². The quantitative estimate of drug-likeness (QED) is 0.874. The molecule has 1 aromatic carbocycles. The van der Waals surface area contributed by atoms with Gasteiger partial charge in [0, 0.05) is 11.1 Å². The summed E-state index contributed by atoms with van der Waals surface area (Å²) in [6.45, 7) is 4.03. The third kappa shape index (κ3) is 3.62. The lowest BCUT2D eigenvalue weighted by molar-refractivity contribution is 0.0667. The van der Waals surface area contributed by atoms with E-state index in [-0.39, 0.29) is 18.0 Å². The van der Waals surface area contributed by atoms with Crippen LogP contribution in [0.3, 0.4) is 0 Å². The number of nitrogens with zero attached hydrogens (tertiary/aromatic N) is 4. The summed E-state index contributed by atoms with van der Waals surface area (Å²) in [5, 5.41) is 12.5. The molecule has 2 heterocycles. The minimum atomic E-state index is -0.0323. The molecule has 1 aromatic heterocycles. The number of aromatic nitrogens is 3. The van der Waals surface area contributed by atoms with Crippen LogP contribution in [0.15, 0.2) is 30.5 Å². The zero-order chi connectivity index (χ0) is 18.1. The minimum Gasteiger partial charge on any atom is -0.327 e. The zero-order valence-electron chi connectivity index (χ0n) is 14.9. The predicted molar refractivity (Wildman–Crippen MR) is 100 cm³/mol. The lowest BCUT2D eigenvalue weighted by Gasteiger charge is -2.29. The summed E-state index contributed by atoms with van der Waals surface area (Å²) in [5.41, 5.74) is 1.52. The Morgan fingerprint density at radius 3 is 2.58 bits per heavy atom. The molecule has 1 atom stereocenters. The van der Waals surface area contributed by atoms with Gasteiger partial charge in [-0.05, 0) is 63.4 Å². The molecule has 1 amide bonds. The molecule has 2 aliphatic rings. The first-order valence-electron chi connectivity index (χ1n) is 9.34. The van der Waals surface area contributed by atoms with Crippen molar-refractivity contribution in [2.24, 2.45) is 0 Å². The van der Waals surface area contributed by atoms with Gasteiger partial charge in [0.15, 0.2) is 5.69 Å². The lowest BCUT2D eigenvalue weighted by Crippen LogP contribution is -2.35. The van der Waals surface area contributed by atoms with Crippen LogP contribution in [0.4, 0.5) is 0 Å². The highest BCUT2D eigenvalue weighted by Crippen LogP contribution is 2.35. The summed E-state index contributed by atoms with van der Waals surface area (Å²) in [7, 11) is 0. The monoisotopic (exact) mass is 373 g/mol. The maximum Gasteiger partial charge on any atom is 0.276 e. The second-order valence-corrected chi connectivity index (χ2v) is 7.67. The summed E-state index contributed by atoms with van der Waals surface area (Å²) >= 11 is 6.00. The third-order valence-corrected chi connectivity index (χ3v) is 5.61. The Balaban J connectivity index is 1.54. The molecule has 1 aliphatic heterocycles. The van der Waals surface area contributed by atoms with E-state index in [0.29, 0.717) is 16.8 Å². The molecule has 1 saturated carbocycles. The predicted octanol–water partition coefficient (Wildman–Crippen LogP) is 3.22. The summed E-state index contributed by atoms with van der Waals surface area (Å²) in [5.74, 6) is -0.0323. The Morgan fingerprint density at radius 2 is 1.92 bits per heavy atom. The second kappa shape index (κ2) is 7.37. The Labute approximate surface area is 158 Å². The van der Waals surface area contributed by atoms with Gasteiger partial charge in [0.2, 0.25) is 0 Å². The SMILES string of the molecule is CC(c1ccc(Cl)cc1)N(C(=O)c1cn(C2CCNCC2)nn1)C1CC1. The summed E-state index contributed by atoms with van der Waals surface area (Å²) in [4.78, 5) is 15.1. The van der Waals surface area contributed by atoms with Crippen LogP contribution >= 0.6 is 11.6 Å². The minimum absolute atomic E-state index is 0.0173. The van der Waals surface area contributed by atoms with Crippen LogP contribution in [-0.2, 0) is 0 Å². The number of hydrogen-bond donors (Lipinski definition) is 1. The van der Waals surface area contributed by atoms with Gasteiger partial charge in [-0.15, -0.1) is 5.10 Å². The molecular formula is C19H24ClN5O. The van der Waals surface area contributed by atoms with E-state index in [9.17, 15) is 4.79 Å². The molecule has 6 nitrogen and oxygen atoms in total. The van der Waals surface area contributed by atoms with E-state index in [1.165, 1.54) is 0 Å². The van der Waals surface area contributed by atoms with Crippen LogP contribution in [0.1, 0.15) is 60.7 Å². The van der Waals surface area contributed by atoms with E-state index >= 15 is 0 Å². The van der Waals surface area contributed by atoms with Crippen molar-refractivity contribution in [1.82, 2.24) is 25.2 Å². The number of carbonyl (C=O) groups excluding carboxylic acids is 1. The normalized spacial score (nSPS) is 19.3. The van der Waals surface area contributed by atoms with Crippen molar-refractivity contribution >= 4 is 17.5 Å². The van der Waals surface area contributed by atoms with E-state index in [2.05, 4.69) is 22.6 Å². The van der Waals surface area contributed by atoms with Crippen molar-refractivity contribution in [3.8, 4) is 0 Å². The molecule has 0 spiro atoms. The van der Waals surface area contributed by atoms with E-state index < -0.39 is 0 Å². The molecular weight excluding hydrogens is 350 g/mol. The number of benzene rings is 1. The summed E-state index contributed by atoms with van der Waals surface area (Å²) < 4.78 is 1.87. The molecule has 1 unspecified atom stereocenters. The smallest absolute Gasteiger partial charge is 0.276 e. The van der Waals surface area contributed by atoms with Crippen molar-refractivity contribution in [1.29, 1.82) is 0 Å². The van der Waals surface area contributed by atoms with E-state index in [1.54, 1.807) is 0 Å². The number of halogens is 1. The number of piperidine rings is 1. The Kier molecular flexibility index (Phi) is 4.96. The van der Waals surface area contributed by atoms with Gasteiger partial charge in [0.05, 0.1) is 18.3 Å². The van der Waals surface area contributed by atoms with Gasteiger partial charge in [-0.3, -0.25) is 4.79 Å². The molecule has 7 heteroatoms. The van der Waals surface area contributed by atoms with Gasteiger partial charge >= 0.3 is 0 Å². The van der Waals surface area contributed by atoms with Crippen LogP contribution in [0.5, 0.6) is 0 Å². The molecule has 2 fully saturated rings. The maximum absolute atomic E-state index is 13.2. The fraction of sp³-hybridized carbons (Fsp3) is 0.526. The first-order valence-corrected chi connectivity index (χ1v) is 9.72. The van der Waals surface area contributed by atoms with Crippen LogP contribution in [-0.4, -0.2) is 44.9 Å². The Hall–Kier alpha value is -1.92. The number of rotatable bonds is 5. The fourth-order valence-electron chi connectivity index (χ4n) is 3.67. The highest BCUT2D eigenvalue weighted by molar-refractivity contribution is 6.30. The van der Waals surface area contributed by atoms with Gasteiger partial charge in [-0.1, -0.05) is 28.9 Å². The first-order chi connectivity index (χ1) is 12.6. The van der Waals surface area contributed by atoms with Gasteiger partial charge in [0.25, 0.3) is 5.91 Å². The van der Waals surface area contributed by atoms with Gasteiger partial charge in [-0.2, -0.15) is 0 Å². The van der Waals surface area contributed by atoms with Crippen LogP contribution in [0, 0.1) is 0 Å². The summed E-state index contributed by atoms with van der Waals surface area (Å²) in [6, 6.07) is 8.32. The largest absolute Gasteiger partial charge is 0.327 e. The topological polar surface area (TPSA) is 63.1 Å². The van der Waals surface area contributed by atoms with Crippen LogP contribution in [0.2, 0.25) is 5.02 Å². The highest BCUT2D eigenvalue weighted by Gasteiger charge is 2.38. The molecule has 1 aliphatic carbocycles. The maximum atomic E-state index is 13.2. The van der Waals surface area contributed by atoms with Crippen molar-refractivity contribution in [2.75, 3.05) is 13.1 Å². The third-order valence-electron chi connectivity index (χ3n) is 5.36. The molecule has 4 rings (SSSR count). The number of nitrogens with one attached hydrogen (secondary N) is 1. The van der Waals surface area contributed by atoms with Crippen molar-refractivity contribution in [2.45, 2.75) is 50.7 Å². The van der Waals surface area contributed by atoms with Crippen LogP contribution < -0.4 is 5.32 Å². The number of hydrogen-bond acceptors (Lipinski definition) is 4. The van der Waals surface area contributed by atoms with Crippen LogP contribution in [0.25, 0.3) is 0 Å². The number of amides is 1. The van der Waals surface area contributed by atoms with Gasteiger partial charge < -0.3 is 10.2 Å².